The molecule has 2 aromatic heterocycles. The molecule has 0 spiro atoms. The summed E-state index contributed by atoms with van der Waals surface area (Å²) >= 11 is 8.71. The van der Waals surface area contributed by atoms with Crippen molar-refractivity contribution in [3.8, 4) is 0 Å². The minimum atomic E-state index is -0.139. The molecule has 0 atom stereocenters. The van der Waals surface area contributed by atoms with Crippen molar-refractivity contribution < 1.29 is 9.36 Å². The molecule has 1 amide bonds. The van der Waals surface area contributed by atoms with E-state index in [1.165, 1.54) is 23.1 Å². The van der Waals surface area contributed by atoms with E-state index in [-0.39, 0.29) is 11.5 Å². The Balaban J connectivity index is 1.92. The Hall–Kier alpha value is -2.62. The van der Waals surface area contributed by atoms with Crippen molar-refractivity contribution >= 4 is 62.2 Å². The number of allylic oxidation sites excluding steroid dienone is 2. The maximum absolute atomic E-state index is 13.3. The minimum Gasteiger partial charge on any atom is -0.350 e. The van der Waals surface area contributed by atoms with Gasteiger partial charge in [0.2, 0.25) is 0 Å². The fourth-order valence-electron chi connectivity index (χ4n) is 3.46. The molecule has 32 heavy (non-hydrogen) atoms. The van der Waals surface area contributed by atoms with E-state index >= 15 is 0 Å². The molecule has 0 radical (unpaired) electrons. The SMILES string of the molecule is CCN1C(=O)C(=c2sc(=C3C=CC=CN3C)c(=O)n2CC)SC1=Nc1ccc(Cl)c[n+]1C. The van der Waals surface area contributed by atoms with Crippen molar-refractivity contribution in [2.45, 2.75) is 20.4 Å². The number of aromatic nitrogens is 2. The van der Waals surface area contributed by atoms with E-state index in [0.717, 1.165) is 5.70 Å². The maximum atomic E-state index is 13.3. The number of rotatable bonds is 3. The summed E-state index contributed by atoms with van der Waals surface area (Å²) in [6, 6.07) is 3.58. The van der Waals surface area contributed by atoms with Gasteiger partial charge >= 0.3 is 5.82 Å². The predicted octanol–water partition coefficient (Wildman–Crippen LogP) is 1.92. The second-order valence-corrected chi connectivity index (χ2v) is 9.59. The first kappa shape index (κ1) is 22.6. The van der Waals surface area contributed by atoms with E-state index in [0.29, 0.717) is 43.2 Å². The quantitative estimate of drug-likeness (QED) is 0.619. The molecule has 0 unspecified atom stereocenters. The van der Waals surface area contributed by atoms with Crippen molar-refractivity contribution in [2.24, 2.45) is 12.0 Å². The van der Waals surface area contributed by atoms with E-state index < -0.39 is 0 Å². The summed E-state index contributed by atoms with van der Waals surface area (Å²) in [5.41, 5.74) is 0.731. The summed E-state index contributed by atoms with van der Waals surface area (Å²) in [6.45, 7) is 4.78. The number of pyridine rings is 1. The summed E-state index contributed by atoms with van der Waals surface area (Å²) in [7, 11) is 3.76. The lowest BCUT2D eigenvalue weighted by molar-refractivity contribution is -0.658. The summed E-state index contributed by atoms with van der Waals surface area (Å²) in [5.74, 6) is 0.542. The molecule has 166 valence electrons. The van der Waals surface area contributed by atoms with Crippen LogP contribution in [-0.4, -0.2) is 39.0 Å². The van der Waals surface area contributed by atoms with Crippen molar-refractivity contribution in [1.82, 2.24) is 14.4 Å². The number of aryl methyl sites for hydroxylation is 1. The molecule has 0 N–H and O–H groups in total. The molecule has 0 aliphatic carbocycles. The Bertz CT molecular complexity index is 1370. The molecule has 4 rings (SSSR count). The predicted molar refractivity (Wildman–Crippen MR) is 131 cm³/mol. The number of thioether (sulfide) groups is 1. The number of halogens is 1. The Morgan fingerprint density at radius 3 is 2.59 bits per heavy atom. The van der Waals surface area contributed by atoms with Gasteiger partial charge in [0.1, 0.15) is 20.3 Å². The molecule has 4 heterocycles. The van der Waals surface area contributed by atoms with E-state index in [1.807, 2.05) is 67.9 Å². The van der Waals surface area contributed by atoms with Gasteiger partial charge in [-0.05, 0) is 48.8 Å². The Morgan fingerprint density at radius 1 is 1.16 bits per heavy atom. The molecule has 2 aliphatic heterocycles. The standard InChI is InChI=1S/C22H23ClN5O2S2/c1-5-27-19(29)17(15-9-7-8-12-25(15)3)31-21(27)18-20(30)28(6-2)22(32-18)24-16-11-10-14(23)13-26(16)4/h7-13H,5-6H2,1-4H3/q+1. The molecular formula is C22H23ClN5O2S2+. The zero-order valence-electron chi connectivity index (χ0n) is 18.2. The van der Waals surface area contributed by atoms with Gasteiger partial charge in [0.25, 0.3) is 16.6 Å². The maximum Gasteiger partial charge on any atom is 0.326 e. The fourth-order valence-corrected chi connectivity index (χ4v) is 6.17. The number of carbonyl (C=O) groups is 1. The molecule has 1 fully saturated rings. The number of amidine groups is 1. The molecule has 10 heteroatoms. The number of aliphatic imine (C=N–C) groups is 1. The third-order valence-electron chi connectivity index (χ3n) is 5.14. The molecule has 0 saturated carbocycles. The molecule has 2 aliphatic rings. The van der Waals surface area contributed by atoms with Crippen molar-refractivity contribution in [1.29, 1.82) is 0 Å². The Morgan fingerprint density at radius 2 is 1.94 bits per heavy atom. The van der Waals surface area contributed by atoms with Gasteiger partial charge in [-0.2, -0.15) is 0 Å². The molecule has 7 nitrogen and oxygen atoms in total. The number of amides is 1. The van der Waals surface area contributed by atoms with Crippen LogP contribution in [0.4, 0.5) is 5.82 Å². The van der Waals surface area contributed by atoms with Gasteiger partial charge in [0.15, 0.2) is 0 Å². The lowest BCUT2D eigenvalue weighted by Crippen LogP contribution is -2.35. The largest absolute Gasteiger partial charge is 0.350 e. The van der Waals surface area contributed by atoms with Crippen LogP contribution >= 0.6 is 34.7 Å². The van der Waals surface area contributed by atoms with Crippen molar-refractivity contribution in [3.05, 3.63) is 67.3 Å². The first-order chi connectivity index (χ1) is 15.3. The van der Waals surface area contributed by atoms with Crippen molar-refractivity contribution in [2.75, 3.05) is 13.6 Å². The number of nitrogens with zero attached hydrogens (tertiary/aromatic N) is 5. The highest BCUT2D eigenvalue weighted by molar-refractivity contribution is 8.23. The van der Waals surface area contributed by atoms with Crippen LogP contribution in [0.2, 0.25) is 5.02 Å². The smallest absolute Gasteiger partial charge is 0.326 e. The summed E-state index contributed by atoms with van der Waals surface area (Å²) in [4.78, 5) is 35.3. The van der Waals surface area contributed by atoms with Gasteiger partial charge in [-0.3, -0.25) is 19.1 Å². The lowest BCUT2D eigenvalue weighted by Gasteiger charge is -2.16. The monoisotopic (exact) mass is 488 g/mol. The van der Waals surface area contributed by atoms with Crippen LogP contribution in [0, 0.1) is 0 Å². The highest BCUT2D eigenvalue weighted by Gasteiger charge is 2.38. The highest BCUT2D eigenvalue weighted by atomic mass is 35.5. The topological polar surface area (TPSA) is 61.8 Å². The van der Waals surface area contributed by atoms with Crippen LogP contribution in [0.1, 0.15) is 13.8 Å². The molecular weight excluding hydrogens is 466 g/mol. The van der Waals surface area contributed by atoms with Crippen LogP contribution in [0.25, 0.3) is 10.6 Å². The van der Waals surface area contributed by atoms with Crippen LogP contribution in [0.3, 0.4) is 0 Å². The number of likely N-dealkylation sites (N-methyl/N-ethyl adjacent to an activating group) is 1. The zero-order chi connectivity index (χ0) is 23.0. The lowest BCUT2D eigenvalue weighted by atomic mass is 10.3. The summed E-state index contributed by atoms with van der Waals surface area (Å²) in [5, 5.41) is 1.19. The second-order valence-electron chi connectivity index (χ2n) is 7.17. The van der Waals surface area contributed by atoms with E-state index in [4.69, 9.17) is 16.6 Å². The average Bonchev–Trinajstić information content (AvgIpc) is 3.26. The van der Waals surface area contributed by atoms with E-state index in [2.05, 4.69) is 0 Å². The van der Waals surface area contributed by atoms with Gasteiger partial charge in [-0.15, -0.1) is 11.3 Å². The molecule has 2 aromatic rings. The van der Waals surface area contributed by atoms with Crippen LogP contribution in [0.5, 0.6) is 0 Å². The van der Waals surface area contributed by atoms with Crippen molar-refractivity contribution in [3.63, 3.8) is 0 Å². The third kappa shape index (κ3) is 3.96. The summed E-state index contributed by atoms with van der Waals surface area (Å²) < 4.78 is 4.76. The van der Waals surface area contributed by atoms with E-state index in [1.54, 1.807) is 21.7 Å². The number of hydrogen-bond donors (Lipinski definition) is 0. The van der Waals surface area contributed by atoms with Gasteiger partial charge < -0.3 is 4.90 Å². The van der Waals surface area contributed by atoms with Gasteiger partial charge in [0, 0.05) is 32.4 Å². The van der Waals surface area contributed by atoms with Crippen LogP contribution < -0.4 is 19.3 Å². The Labute approximate surface area is 198 Å². The minimum absolute atomic E-state index is 0.0901. The van der Waals surface area contributed by atoms with E-state index in [9.17, 15) is 9.59 Å². The number of thiazole rings is 1. The highest BCUT2D eigenvalue weighted by Crippen LogP contribution is 2.32. The van der Waals surface area contributed by atoms with Gasteiger partial charge in [0.05, 0.1) is 17.8 Å². The second kappa shape index (κ2) is 9.09. The number of hydrogen-bond acceptors (Lipinski definition) is 6. The first-order valence-corrected chi connectivity index (χ1v) is 12.2. The van der Waals surface area contributed by atoms with Crippen LogP contribution in [0.15, 0.2) is 52.5 Å². The third-order valence-corrected chi connectivity index (χ3v) is 7.77. The normalized spacial score (nSPS) is 20.8. The van der Waals surface area contributed by atoms with Crippen LogP contribution in [-0.2, 0) is 18.4 Å². The Kier molecular flexibility index (Phi) is 6.41. The molecule has 0 bridgehead atoms. The summed E-state index contributed by atoms with van der Waals surface area (Å²) in [6.07, 6.45) is 9.41. The molecule has 1 saturated heterocycles. The zero-order valence-corrected chi connectivity index (χ0v) is 20.6. The first-order valence-electron chi connectivity index (χ1n) is 10.1. The molecule has 0 aromatic carbocycles. The van der Waals surface area contributed by atoms with Gasteiger partial charge in [-0.1, -0.05) is 17.7 Å². The number of carbonyl (C=O) groups excluding carboxylic acids is 1. The average molecular weight is 489 g/mol. The fraction of sp³-hybridized carbons (Fsp3) is 0.273. The van der Waals surface area contributed by atoms with Gasteiger partial charge in [-0.25, -0.2) is 4.57 Å².